The first-order chi connectivity index (χ1) is 8.47. The van der Waals surface area contributed by atoms with Gasteiger partial charge in [0.05, 0.1) is 0 Å². The van der Waals surface area contributed by atoms with Crippen molar-refractivity contribution in [3.8, 4) is 0 Å². The Balaban J connectivity index is 2.04. The third-order valence-corrected chi connectivity index (χ3v) is 2.67. The third kappa shape index (κ3) is 6.88. The lowest BCUT2D eigenvalue weighted by Gasteiger charge is -2.09. The van der Waals surface area contributed by atoms with Crippen LogP contribution in [0.3, 0.4) is 0 Å². The molecule has 2 amide bonds. The van der Waals surface area contributed by atoms with Crippen LogP contribution in [0.25, 0.3) is 0 Å². The van der Waals surface area contributed by atoms with Gasteiger partial charge in [-0.25, -0.2) is 0 Å². The SMILES string of the molecule is CC(CC(=O)O)CC(=O)NCCC(=O)NC1CC1. The maximum absolute atomic E-state index is 11.4. The van der Waals surface area contributed by atoms with Crippen molar-refractivity contribution in [3.05, 3.63) is 0 Å². The van der Waals surface area contributed by atoms with Crippen LogP contribution in [0.1, 0.15) is 39.0 Å². The summed E-state index contributed by atoms with van der Waals surface area (Å²) >= 11 is 0. The van der Waals surface area contributed by atoms with Crippen LogP contribution in [0.15, 0.2) is 0 Å². The van der Waals surface area contributed by atoms with Crippen LogP contribution in [-0.2, 0) is 14.4 Å². The lowest BCUT2D eigenvalue weighted by atomic mass is 10.0. The van der Waals surface area contributed by atoms with Crippen molar-refractivity contribution in [2.24, 2.45) is 5.92 Å². The van der Waals surface area contributed by atoms with E-state index in [2.05, 4.69) is 10.6 Å². The molecule has 102 valence electrons. The number of rotatable bonds is 8. The van der Waals surface area contributed by atoms with Crippen LogP contribution in [0.2, 0.25) is 0 Å². The van der Waals surface area contributed by atoms with E-state index in [4.69, 9.17) is 5.11 Å². The molecular formula is C12H20N2O4. The van der Waals surface area contributed by atoms with Gasteiger partial charge in [0.15, 0.2) is 0 Å². The van der Waals surface area contributed by atoms with E-state index in [0.717, 1.165) is 12.8 Å². The van der Waals surface area contributed by atoms with E-state index in [1.165, 1.54) is 0 Å². The predicted octanol–water partition coefficient (Wildman–Crippen LogP) is 0.272. The fraction of sp³-hybridized carbons (Fsp3) is 0.750. The zero-order valence-corrected chi connectivity index (χ0v) is 10.6. The second kappa shape index (κ2) is 6.98. The minimum absolute atomic E-state index is 0.0183. The molecule has 0 radical (unpaired) electrons. The number of carboxylic acid groups (broad SMARTS) is 1. The van der Waals surface area contributed by atoms with Crippen molar-refractivity contribution in [2.75, 3.05) is 6.54 Å². The molecule has 18 heavy (non-hydrogen) atoms. The molecule has 1 atom stereocenters. The Morgan fingerprint density at radius 2 is 1.89 bits per heavy atom. The molecule has 6 nitrogen and oxygen atoms in total. The highest BCUT2D eigenvalue weighted by Crippen LogP contribution is 2.18. The van der Waals surface area contributed by atoms with E-state index in [1.54, 1.807) is 6.92 Å². The standard InChI is InChI=1S/C12H20N2O4/c1-8(7-12(17)18)6-11(16)13-5-4-10(15)14-9-2-3-9/h8-9H,2-7H2,1H3,(H,13,16)(H,14,15)(H,17,18). The number of carbonyl (C=O) groups is 3. The second-order valence-corrected chi connectivity index (χ2v) is 4.85. The number of aliphatic carboxylic acids is 1. The van der Waals surface area contributed by atoms with Crippen molar-refractivity contribution in [3.63, 3.8) is 0 Å². The molecule has 3 N–H and O–H groups in total. The van der Waals surface area contributed by atoms with Crippen LogP contribution in [-0.4, -0.2) is 35.5 Å². The fourth-order valence-electron chi connectivity index (χ4n) is 1.60. The monoisotopic (exact) mass is 256 g/mol. The summed E-state index contributed by atoms with van der Waals surface area (Å²) in [5.74, 6) is -1.35. The first-order valence-electron chi connectivity index (χ1n) is 6.25. The zero-order chi connectivity index (χ0) is 13.5. The molecule has 1 aliphatic rings. The molecule has 0 aromatic carbocycles. The van der Waals surface area contributed by atoms with Gasteiger partial charge in [0.25, 0.3) is 0 Å². The van der Waals surface area contributed by atoms with Crippen LogP contribution in [0.5, 0.6) is 0 Å². The number of amides is 2. The highest BCUT2D eigenvalue weighted by Gasteiger charge is 2.22. The molecule has 0 spiro atoms. The fourth-order valence-corrected chi connectivity index (χ4v) is 1.60. The highest BCUT2D eigenvalue weighted by atomic mass is 16.4. The van der Waals surface area contributed by atoms with E-state index in [0.29, 0.717) is 12.6 Å². The number of hydrogen-bond acceptors (Lipinski definition) is 3. The molecule has 6 heteroatoms. The van der Waals surface area contributed by atoms with Gasteiger partial charge >= 0.3 is 5.97 Å². The van der Waals surface area contributed by atoms with E-state index in [9.17, 15) is 14.4 Å². The Morgan fingerprint density at radius 1 is 1.22 bits per heavy atom. The van der Waals surface area contributed by atoms with Gasteiger partial charge in [-0.3, -0.25) is 14.4 Å². The van der Waals surface area contributed by atoms with Gasteiger partial charge in [-0.2, -0.15) is 0 Å². The number of carbonyl (C=O) groups excluding carboxylic acids is 2. The summed E-state index contributed by atoms with van der Waals surface area (Å²) in [5, 5.41) is 14.0. The average molecular weight is 256 g/mol. The van der Waals surface area contributed by atoms with E-state index in [-0.39, 0.29) is 37.0 Å². The van der Waals surface area contributed by atoms with Gasteiger partial charge in [0.1, 0.15) is 0 Å². The van der Waals surface area contributed by atoms with Gasteiger partial charge in [-0.15, -0.1) is 0 Å². The molecule has 0 aromatic heterocycles. The van der Waals surface area contributed by atoms with E-state index < -0.39 is 5.97 Å². The molecule has 0 bridgehead atoms. The van der Waals surface area contributed by atoms with Gasteiger partial charge in [0, 0.05) is 31.8 Å². The summed E-state index contributed by atoms with van der Waals surface area (Å²) in [5.41, 5.74) is 0. The lowest BCUT2D eigenvalue weighted by molar-refractivity contribution is -0.138. The predicted molar refractivity (Wildman–Crippen MR) is 64.8 cm³/mol. The maximum atomic E-state index is 11.4. The molecule has 1 saturated carbocycles. The van der Waals surface area contributed by atoms with Gasteiger partial charge in [-0.1, -0.05) is 6.92 Å². The summed E-state index contributed by atoms with van der Waals surface area (Å²) in [4.78, 5) is 33.1. The summed E-state index contributed by atoms with van der Waals surface area (Å²) < 4.78 is 0. The Morgan fingerprint density at radius 3 is 2.44 bits per heavy atom. The summed E-state index contributed by atoms with van der Waals surface area (Å²) in [6.45, 7) is 2.02. The molecular weight excluding hydrogens is 236 g/mol. The van der Waals surface area contributed by atoms with Gasteiger partial charge in [-0.05, 0) is 18.8 Å². The third-order valence-electron chi connectivity index (χ3n) is 2.67. The molecule has 0 aromatic rings. The van der Waals surface area contributed by atoms with Crippen molar-refractivity contribution >= 4 is 17.8 Å². The number of hydrogen-bond donors (Lipinski definition) is 3. The Bertz CT molecular complexity index is 326. The highest BCUT2D eigenvalue weighted by molar-refractivity contribution is 5.79. The Labute approximate surface area is 106 Å². The molecule has 0 aliphatic heterocycles. The topological polar surface area (TPSA) is 95.5 Å². The van der Waals surface area contributed by atoms with Crippen LogP contribution >= 0.6 is 0 Å². The molecule has 1 unspecified atom stereocenters. The maximum Gasteiger partial charge on any atom is 0.303 e. The molecule has 1 aliphatic carbocycles. The summed E-state index contributed by atoms with van der Waals surface area (Å²) in [6.07, 6.45) is 2.53. The largest absolute Gasteiger partial charge is 0.481 e. The smallest absolute Gasteiger partial charge is 0.303 e. The van der Waals surface area contributed by atoms with E-state index in [1.807, 2.05) is 0 Å². The first kappa shape index (κ1) is 14.5. The zero-order valence-electron chi connectivity index (χ0n) is 10.6. The van der Waals surface area contributed by atoms with Gasteiger partial charge < -0.3 is 15.7 Å². The van der Waals surface area contributed by atoms with Crippen LogP contribution in [0.4, 0.5) is 0 Å². The molecule has 1 rings (SSSR count). The van der Waals surface area contributed by atoms with Crippen LogP contribution < -0.4 is 10.6 Å². The first-order valence-corrected chi connectivity index (χ1v) is 6.25. The van der Waals surface area contributed by atoms with Crippen molar-refractivity contribution in [1.29, 1.82) is 0 Å². The Hall–Kier alpha value is -1.59. The minimum atomic E-state index is -0.904. The average Bonchev–Trinajstić information content (AvgIpc) is 2.99. The molecule has 1 fully saturated rings. The van der Waals surface area contributed by atoms with Crippen LogP contribution in [0, 0.1) is 5.92 Å². The quantitative estimate of drug-likeness (QED) is 0.581. The molecule has 0 saturated heterocycles. The number of carboxylic acids is 1. The second-order valence-electron chi connectivity index (χ2n) is 4.85. The van der Waals surface area contributed by atoms with Crippen molar-refractivity contribution in [1.82, 2.24) is 10.6 Å². The minimum Gasteiger partial charge on any atom is -0.481 e. The normalized spacial score (nSPS) is 15.8. The van der Waals surface area contributed by atoms with E-state index >= 15 is 0 Å². The summed E-state index contributed by atoms with van der Waals surface area (Å²) in [6, 6.07) is 0.337. The van der Waals surface area contributed by atoms with Gasteiger partial charge in [0.2, 0.25) is 11.8 Å². The molecule has 0 heterocycles. The Kier molecular flexibility index (Phi) is 5.61. The summed E-state index contributed by atoms with van der Waals surface area (Å²) in [7, 11) is 0. The number of nitrogens with one attached hydrogen (secondary N) is 2. The lowest BCUT2D eigenvalue weighted by Crippen LogP contribution is -2.32. The van der Waals surface area contributed by atoms with Crippen molar-refractivity contribution in [2.45, 2.75) is 45.1 Å². The van der Waals surface area contributed by atoms with Crippen molar-refractivity contribution < 1.29 is 19.5 Å².